The summed E-state index contributed by atoms with van der Waals surface area (Å²) >= 11 is 0. The zero-order valence-electron chi connectivity index (χ0n) is 16.1. The van der Waals surface area contributed by atoms with Crippen molar-refractivity contribution in [3.63, 3.8) is 0 Å². The average molecular weight is 364 g/mol. The lowest BCUT2D eigenvalue weighted by Crippen LogP contribution is -2.31. The van der Waals surface area contributed by atoms with Gasteiger partial charge in [-0.2, -0.15) is 10.2 Å². The number of ether oxygens (including phenoxy) is 1. The van der Waals surface area contributed by atoms with Gasteiger partial charge >= 0.3 is 0 Å². The van der Waals surface area contributed by atoms with E-state index in [0.29, 0.717) is 0 Å². The Kier molecular flexibility index (Phi) is 4.53. The number of allylic oxidation sites excluding steroid dienone is 2. The first-order valence-corrected chi connectivity index (χ1v) is 9.09. The fourth-order valence-corrected chi connectivity index (χ4v) is 3.48. The summed E-state index contributed by atoms with van der Waals surface area (Å²) in [5.41, 5.74) is 4.46. The summed E-state index contributed by atoms with van der Waals surface area (Å²) in [4.78, 5) is 6.86. The maximum atomic E-state index is 6.30. The van der Waals surface area contributed by atoms with Gasteiger partial charge in [-0.05, 0) is 33.0 Å². The van der Waals surface area contributed by atoms with E-state index in [-0.39, 0.29) is 6.10 Å². The molecule has 3 aromatic heterocycles. The molecule has 0 saturated carbocycles. The van der Waals surface area contributed by atoms with Gasteiger partial charge in [0, 0.05) is 25.5 Å². The predicted molar refractivity (Wildman–Crippen MR) is 107 cm³/mol. The van der Waals surface area contributed by atoms with Gasteiger partial charge in [0.25, 0.3) is 0 Å². The van der Waals surface area contributed by atoms with Crippen molar-refractivity contribution < 1.29 is 4.74 Å². The Morgan fingerprint density at radius 2 is 2.11 bits per heavy atom. The van der Waals surface area contributed by atoms with E-state index >= 15 is 0 Å². The van der Waals surface area contributed by atoms with Crippen LogP contribution in [0.3, 0.4) is 0 Å². The second kappa shape index (κ2) is 7.00. The summed E-state index contributed by atoms with van der Waals surface area (Å²) in [5, 5.41) is 13.0. The topological polar surface area (TPSA) is 71.9 Å². The second-order valence-corrected chi connectivity index (χ2v) is 7.05. The molecule has 1 atom stereocenters. The first kappa shape index (κ1) is 17.5. The smallest absolute Gasteiger partial charge is 0.221 e. The number of fused-ring (bicyclic) bond motifs is 3. The van der Waals surface area contributed by atoms with Crippen LogP contribution < -0.4 is 4.74 Å². The number of nitrogens with zero attached hydrogens (tertiary/aromatic N) is 5. The lowest BCUT2D eigenvalue weighted by molar-refractivity contribution is 0.158. The first-order valence-electron chi connectivity index (χ1n) is 9.09. The van der Waals surface area contributed by atoms with Crippen molar-refractivity contribution in [1.82, 2.24) is 29.9 Å². The molecular formula is C20H24N6O. The van der Waals surface area contributed by atoms with Gasteiger partial charge in [0.15, 0.2) is 0 Å². The molecule has 0 aliphatic carbocycles. The number of aromatic amines is 1. The van der Waals surface area contributed by atoms with Gasteiger partial charge in [-0.3, -0.25) is 15.0 Å². The molecule has 4 rings (SSSR count). The maximum absolute atomic E-state index is 6.30. The van der Waals surface area contributed by atoms with Crippen molar-refractivity contribution in [3.05, 3.63) is 41.9 Å². The SMILES string of the molecule is Cc1nn(C)c2c1-c1cc3c(n[nH]c3cn1)/C=C/C=C\CN(C)CC(C)O2. The summed E-state index contributed by atoms with van der Waals surface area (Å²) in [7, 11) is 3.99. The molecule has 1 N–H and O–H groups in total. The molecule has 0 amide bonds. The van der Waals surface area contributed by atoms with E-state index < -0.39 is 0 Å². The van der Waals surface area contributed by atoms with Crippen LogP contribution in [-0.4, -0.2) is 56.1 Å². The zero-order valence-corrected chi connectivity index (χ0v) is 16.1. The second-order valence-electron chi connectivity index (χ2n) is 7.05. The predicted octanol–water partition coefficient (Wildman–Crippen LogP) is 2.95. The third-order valence-corrected chi connectivity index (χ3v) is 4.70. The van der Waals surface area contributed by atoms with E-state index in [9.17, 15) is 0 Å². The quantitative estimate of drug-likeness (QED) is 0.664. The fraction of sp³-hybridized carbons (Fsp3) is 0.350. The summed E-state index contributed by atoms with van der Waals surface area (Å²) in [6.07, 6.45) is 10.0. The standard InChI is InChI=1S/C20H24N6O/c1-13-12-25(3)9-7-5-6-8-16-15-10-17(21-11-18(15)23-22-16)19-14(2)24-26(4)20(19)27-13/h5-8,10-11,13H,9,12H2,1-4H3,(H,22,23)/b7-5-,8-6+. The Morgan fingerprint density at radius 3 is 2.96 bits per heavy atom. The van der Waals surface area contributed by atoms with E-state index in [2.05, 4.69) is 51.3 Å². The molecule has 0 fully saturated rings. The van der Waals surface area contributed by atoms with E-state index in [1.54, 1.807) is 4.68 Å². The lowest BCUT2D eigenvalue weighted by atomic mass is 10.1. The highest BCUT2D eigenvalue weighted by Gasteiger charge is 2.21. The molecule has 0 radical (unpaired) electrons. The summed E-state index contributed by atoms with van der Waals surface area (Å²) in [6.45, 7) is 5.72. The Bertz CT molecular complexity index is 1030. The van der Waals surface area contributed by atoms with E-state index in [1.807, 2.05) is 38.4 Å². The van der Waals surface area contributed by atoms with Crippen molar-refractivity contribution in [2.75, 3.05) is 20.1 Å². The molecule has 1 aliphatic rings. The van der Waals surface area contributed by atoms with Crippen LogP contribution in [0.1, 0.15) is 18.3 Å². The Balaban J connectivity index is 1.89. The van der Waals surface area contributed by atoms with E-state index in [4.69, 9.17) is 4.74 Å². The molecule has 7 heteroatoms. The molecule has 0 saturated heterocycles. The third kappa shape index (κ3) is 3.38. The van der Waals surface area contributed by atoms with Crippen molar-refractivity contribution in [3.8, 4) is 17.1 Å². The Hall–Kier alpha value is -2.93. The molecule has 3 aromatic rings. The number of aryl methyl sites for hydroxylation is 2. The minimum Gasteiger partial charge on any atom is -0.473 e. The number of aromatic nitrogens is 5. The number of H-pyrrole nitrogens is 1. The van der Waals surface area contributed by atoms with E-state index in [0.717, 1.165) is 52.5 Å². The zero-order chi connectivity index (χ0) is 19.0. The third-order valence-electron chi connectivity index (χ3n) is 4.70. The van der Waals surface area contributed by atoms with Gasteiger partial charge < -0.3 is 4.74 Å². The van der Waals surface area contributed by atoms with Crippen LogP contribution in [0.4, 0.5) is 0 Å². The van der Waals surface area contributed by atoms with Crippen molar-refractivity contribution in [2.45, 2.75) is 20.0 Å². The normalized spacial score (nSPS) is 20.7. The number of pyridine rings is 1. The summed E-state index contributed by atoms with van der Waals surface area (Å²) < 4.78 is 8.09. The molecule has 0 aromatic carbocycles. The Labute approximate surface area is 158 Å². The van der Waals surface area contributed by atoms with Gasteiger partial charge in [-0.15, -0.1) is 0 Å². The van der Waals surface area contributed by atoms with Crippen LogP contribution in [0.5, 0.6) is 5.88 Å². The minimum absolute atomic E-state index is 0.0193. The Morgan fingerprint density at radius 1 is 1.26 bits per heavy atom. The maximum Gasteiger partial charge on any atom is 0.221 e. The van der Waals surface area contributed by atoms with Gasteiger partial charge in [0.1, 0.15) is 6.10 Å². The number of likely N-dealkylation sites (N-methyl/N-ethyl adjacent to an activating group) is 1. The summed E-state index contributed by atoms with van der Waals surface area (Å²) in [6, 6.07) is 2.05. The number of hydrogen-bond donors (Lipinski definition) is 1. The molecule has 4 heterocycles. The molecular weight excluding hydrogens is 340 g/mol. The highest BCUT2D eigenvalue weighted by Crippen LogP contribution is 2.34. The molecule has 1 aliphatic heterocycles. The lowest BCUT2D eigenvalue weighted by Gasteiger charge is -2.21. The molecule has 140 valence electrons. The van der Waals surface area contributed by atoms with Gasteiger partial charge in [-0.1, -0.05) is 18.2 Å². The van der Waals surface area contributed by atoms with Crippen molar-refractivity contribution in [2.24, 2.45) is 7.05 Å². The van der Waals surface area contributed by atoms with Gasteiger partial charge in [0.2, 0.25) is 5.88 Å². The highest BCUT2D eigenvalue weighted by atomic mass is 16.5. The van der Waals surface area contributed by atoms with Crippen molar-refractivity contribution in [1.29, 1.82) is 0 Å². The summed E-state index contributed by atoms with van der Waals surface area (Å²) in [5.74, 6) is 0.742. The van der Waals surface area contributed by atoms with Crippen LogP contribution in [0.2, 0.25) is 0 Å². The van der Waals surface area contributed by atoms with Crippen LogP contribution >= 0.6 is 0 Å². The van der Waals surface area contributed by atoms with Crippen molar-refractivity contribution >= 4 is 17.0 Å². The minimum atomic E-state index is 0.0193. The average Bonchev–Trinajstić information content (AvgIpc) is 3.14. The van der Waals surface area contributed by atoms with E-state index in [1.165, 1.54) is 0 Å². The van der Waals surface area contributed by atoms with Crippen LogP contribution in [0.15, 0.2) is 30.5 Å². The number of rotatable bonds is 0. The van der Waals surface area contributed by atoms with Gasteiger partial charge in [0.05, 0.1) is 34.4 Å². The first-order chi connectivity index (χ1) is 13.0. The molecule has 0 spiro atoms. The fourth-order valence-electron chi connectivity index (χ4n) is 3.48. The largest absolute Gasteiger partial charge is 0.473 e. The number of nitrogens with one attached hydrogen (secondary N) is 1. The molecule has 1 unspecified atom stereocenters. The molecule has 7 nitrogen and oxygen atoms in total. The van der Waals surface area contributed by atoms with Gasteiger partial charge in [-0.25, -0.2) is 4.68 Å². The van der Waals surface area contributed by atoms with Crippen LogP contribution in [0.25, 0.3) is 28.2 Å². The van der Waals surface area contributed by atoms with Crippen LogP contribution in [0, 0.1) is 6.92 Å². The monoisotopic (exact) mass is 364 g/mol. The molecule has 27 heavy (non-hydrogen) atoms. The van der Waals surface area contributed by atoms with Crippen LogP contribution in [-0.2, 0) is 7.05 Å². The highest BCUT2D eigenvalue weighted by molar-refractivity contribution is 5.89. The number of hydrogen-bond acceptors (Lipinski definition) is 5. The molecule has 2 bridgehead atoms.